The molecule has 5 heteroatoms. The first-order chi connectivity index (χ1) is 8.74. The molecule has 2 aromatic rings. The SMILES string of the molecule is CC(=O)N1CCN(c2nc3ccccc3[nH]2)CC1. The van der Waals surface area contributed by atoms with Crippen molar-refractivity contribution in [2.24, 2.45) is 0 Å². The van der Waals surface area contributed by atoms with Crippen molar-refractivity contribution in [1.82, 2.24) is 14.9 Å². The number of rotatable bonds is 1. The summed E-state index contributed by atoms with van der Waals surface area (Å²) < 4.78 is 0. The molecule has 0 spiro atoms. The average molecular weight is 244 g/mol. The minimum Gasteiger partial charge on any atom is -0.339 e. The van der Waals surface area contributed by atoms with Gasteiger partial charge in [-0.05, 0) is 12.1 Å². The summed E-state index contributed by atoms with van der Waals surface area (Å²) >= 11 is 0. The zero-order chi connectivity index (χ0) is 12.5. The van der Waals surface area contributed by atoms with Crippen LogP contribution in [0.15, 0.2) is 24.3 Å². The fourth-order valence-electron chi connectivity index (χ4n) is 2.32. The van der Waals surface area contributed by atoms with Crippen molar-refractivity contribution in [1.29, 1.82) is 0 Å². The molecule has 1 fully saturated rings. The fourth-order valence-corrected chi connectivity index (χ4v) is 2.32. The van der Waals surface area contributed by atoms with E-state index in [1.165, 1.54) is 0 Å². The van der Waals surface area contributed by atoms with Crippen LogP contribution in [0.3, 0.4) is 0 Å². The average Bonchev–Trinajstić information content (AvgIpc) is 2.82. The van der Waals surface area contributed by atoms with Gasteiger partial charge in [0.25, 0.3) is 0 Å². The number of anilines is 1. The second-order valence-electron chi connectivity index (χ2n) is 4.57. The Morgan fingerprint density at radius 1 is 1.22 bits per heavy atom. The molecule has 1 N–H and O–H groups in total. The maximum Gasteiger partial charge on any atom is 0.219 e. The van der Waals surface area contributed by atoms with E-state index in [1.807, 2.05) is 29.2 Å². The summed E-state index contributed by atoms with van der Waals surface area (Å²) in [5, 5.41) is 0. The van der Waals surface area contributed by atoms with E-state index in [4.69, 9.17) is 0 Å². The maximum atomic E-state index is 11.3. The Hall–Kier alpha value is -2.04. The third kappa shape index (κ3) is 1.92. The van der Waals surface area contributed by atoms with E-state index in [0.29, 0.717) is 0 Å². The second-order valence-corrected chi connectivity index (χ2v) is 4.57. The highest BCUT2D eigenvalue weighted by atomic mass is 16.2. The monoisotopic (exact) mass is 244 g/mol. The highest BCUT2D eigenvalue weighted by molar-refractivity contribution is 5.77. The Bertz CT molecular complexity index is 536. The van der Waals surface area contributed by atoms with Gasteiger partial charge in [-0.3, -0.25) is 4.79 Å². The van der Waals surface area contributed by atoms with Crippen molar-refractivity contribution in [2.75, 3.05) is 31.1 Å². The quantitative estimate of drug-likeness (QED) is 0.821. The molecule has 1 aromatic heterocycles. The molecule has 1 aliphatic rings. The summed E-state index contributed by atoms with van der Waals surface area (Å²) in [7, 11) is 0. The van der Waals surface area contributed by atoms with Gasteiger partial charge in [-0.15, -0.1) is 0 Å². The Morgan fingerprint density at radius 3 is 2.61 bits per heavy atom. The third-order valence-corrected chi connectivity index (χ3v) is 3.40. The number of carbonyl (C=O) groups excluding carboxylic acids is 1. The van der Waals surface area contributed by atoms with Gasteiger partial charge in [0.2, 0.25) is 11.9 Å². The van der Waals surface area contributed by atoms with Gasteiger partial charge in [-0.1, -0.05) is 12.1 Å². The number of nitrogens with one attached hydrogen (secondary N) is 1. The first-order valence-electron chi connectivity index (χ1n) is 6.19. The zero-order valence-electron chi connectivity index (χ0n) is 10.4. The van der Waals surface area contributed by atoms with E-state index in [9.17, 15) is 4.79 Å². The minimum atomic E-state index is 0.152. The van der Waals surface area contributed by atoms with Crippen LogP contribution < -0.4 is 4.90 Å². The van der Waals surface area contributed by atoms with Crippen LogP contribution in [0.25, 0.3) is 11.0 Å². The van der Waals surface area contributed by atoms with E-state index in [2.05, 4.69) is 14.9 Å². The molecule has 3 rings (SSSR count). The molecular formula is C13H16N4O. The molecule has 0 atom stereocenters. The van der Waals surface area contributed by atoms with Gasteiger partial charge in [0, 0.05) is 33.1 Å². The number of aromatic amines is 1. The highest BCUT2D eigenvalue weighted by Crippen LogP contribution is 2.18. The van der Waals surface area contributed by atoms with Crippen LogP contribution in [0.2, 0.25) is 0 Å². The van der Waals surface area contributed by atoms with Crippen LogP contribution in [0.1, 0.15) is 6.92 Å². The van der Waals surface area contributed by atoms with Gasteiger partial charge in [-0.25, -0.2) is 4.98 Å². The van der Waals surface area contributed by atoms with Crippen molar-refractivity contribution in [3.63, 3.8) is 0 Å². The summed E-state index contributed by atoms with van der Waals surface area (Å²) in [4.78, 5) is 23.2. The number of aromatic nitrogens is 2. The molecule has 1 amide bonds. The summed E-state index contributed by atoms with van der Waals surface area (Å²) in [5.74, 6) is 1.05. The van der Waals surface area contributed by atoms with E-state index >= 15 is 0 Å². The molecule has 1 aromatic carbocycles. The number of nitrogens with zero attached hydrogens (tertiary/aromatic N) is 3. The molecule has 94 valence electrons. The Kier molecular flexibility index (Phi) is 2.66. The Morgan fingerprint density at radius 2 is 1.94 bits per heavy atom. The molecule has 2 heterocycles. The number of hydrogen-bond donors (Lipinski definition) is 1. The predicted octanol–water partition coefficient (Wildman–Crippen LogP) is 1.23. The number of carbonyl (C=O) groups is 1. The molecule has 1 saturated heterocycles. The number of imidazole rings is 1. The van der Waals surface area contributed by atoms with Crippen LogP contribution in [0.5, 0.6) is 0 Å². The number of piperazine rings is 1. The predicted molar refractivity (Wildman–Crippen MR) is 70.6 cm³/mol. The summed E-state index contributed by atoms with van der Waals surface area (Å²) in [6, 6.07) is 8.01. The Labute approximate surface area is 105 Å². The van der Waals surface area contributed by atoms with Crippen LogP contribution >= 0.6 is 0 Å². The van der Waals surface area contributed by atoms with Crippen molar-refractivity contribution >= 4 is 22.9 Å². The van der Waals surface area contributed by atoms with E-state index in [1.54, 1.807) is 6.92 Å². The lowest BCUT2D eigenvalue weighted by molar-refractivity contribution is -0.129. The largest absolute Gasteiger partial charge is 0.339 e. The normalized spacial score (nSPS) is 16.3. The highest BCUT2D eigenvalue weighted by Gasteiger charge is 2.20. The van der Waals surface area contributed by atoms with Gasteiger partial charge in [0.05, 0.1) is 11.0 Å². The molecule has 0 bridgehead atoms. The van der Waals surface area contributed by atoms with Gasteiger partial charge in [-0.2, -0.15) is 0 Å². The lowest BCUT2D eigenvalue weighted by Gasteiger charge is -2.33. The van der Waals surface area contributed by atoms with E-state index in [0.717, 1.165) is 43.2 Å². The first kappa shape index (κ1) is 11.1. The van der Waals surface area contributed by atoms with Crippen molar-refractivity contribution in [3.8, 4) is 0 Å². The molecular weight excluding hydrogens is 228 g/mol. The van der Waals surface area contributed by atoms with Crippen molar-refractivity contribution in [3.05, 3.63) is 24.3 Å². The summed E-state index contributed by atoms with van der Waals surface area (Å²) in [5.41, 5.74) is 2.04. The van der Waals surface area contributed by atoms with Crippen molar-refractivity contribution < 1.29 is 4.79 Å². The second kappa shape index (κ2) is 4.33. The number of benzene rings is 1. The van der Waals surface area contributed by atoms with Crippen molar-refractivity contribution in [2.45, 2.75) is 6.92 Å². The van der Waals surface area contributed by atoms with Gasteiger partial charge in [0.1, 0.15) is 0 Å². The molecule has 0 saturated carbocycles. The smallest absolute Gasteiger partial charge is 0.219 e. The third-order valence-electron chi connectivity index (χ3n) is 3.40. The fraction of sp³-hybridized carbons (Fsp3) is 0.385. The standard InChI is InChI=1S/C13H16N4O/c1-10(18)16-6-8-17(9-7-16)13-14-11-4-2-3-5-12(11)15-13/h2-5H,6-9H2,1H3,(H,14,15). The van der Waals surface area contributed by atoms with Crippen LogP contribution in [-0.2, 0) is 4.79 Å². The first-order valence-corrected chi connectivity index (χ1v) is 6.19. The lowest BCUT2D eigenvalue weighted by atomic mass is 10.3. The minimum absolute atomic E-state index is 0.152. The number of H-pyrrole nitrogens is 1. The maximum absolute atomic E-state index is 11.3. The van der Waals surface area contributed by atoms with Gasteiger partial charge >= 0.3 is 0 Å². The lowest BCUT2D eigenvalue weighted by Crippen LogP contribution is -2.48. The molecule has 0 aliphatic carbocycles. The van der Waals surface area contributed by atoms with Gasteiger partial charge in [0.15, 0.2) is 0 Å². The molecule has 0 radical (unpaired) electrons. The van der Waals surface area contributed by atoms with E-state index in [-0.39, 0.29) is 5.91 Å². The molecule has 1 aliphatic heterocycles. The number of para-hydroxylation sites is 2. The Balaban J connectivity index is 1.78. The summed E-state index contributed by atoms with van der Waals surface area (Å²) in [6.45, 7) is 4.83. The molecule has 5 nitrogen and oxygen atoms in total. The molecule has 18 heavy (non-hydrogen) atoms. The topological polar surface area (TPSA) is 52.2 Å². The number of amides is 1. The van der Waals surface area contributed by atoms with Crippen LogP contribution in [-0.4, -0.2) is 47.0 Å². The number of fused-ring (bicyclic) bond motifs is 1. The van der Waals surface area contributed by atoms with Crippen LogP contribution in [0, 0.1) is 0 Å². The van der Waals surface area contributed by atoms with Gasteiger partial charge < -0.3 is 14.8 Å². The number of hydrogen-bond acceptors (Lipinski definition) is 3. The van der Waals surface area contributed by atoms with E-state index < -0.39 is 0 Å². The summed E-state index contributed by atoms with van der Waals surface area (Å²) in [6.07, 6.45) is 0. The molecule has 0 unspecified atom stereocenters. The zero-order valence-corrected chi connectivity index (χ0v) is 10.4. The van der Waals surface area contributed by atoms with Crippen LogP contribution in [0.4, 0.5) is 5.95 Å².